The molecule has 9 heteroatoms. The number of nitriles is 1. The molecule has 0 spiro atoms. The summed E-state index contributed by atoms with van der Waals surface area (Å²) in [6, 6.07) is 21.3. The number of imidazole rings is 1. The normalized spacial score (nSPS) is 13.4. The first kappa shape index (κ1) is 21.6. The second kappa shape index (κ2) is 8.61. The number of imide groups is 1. The van der Waals surface area contributed by atoms with Gasteiger partial charge in [-0.3, -0.25) is 9.59 Å². The number of esters is 1. The van der Waals surface area contributed by atoms with E-state index >= 15 is 0 Å². The van der Waals surface area contributed by atoms with Gasteiger partial charge in [0.15, 0.2) is 11.6 Å². The van der Waals surface area contributed by atoms with E-state index in [1.54, 1.807) is 48.5 Å². The van der Waals surface area contributed by atoms with Gasteiger partial charge in [-0.15, -0.1) is 0 Å². The van der Waals surface area contributed by atoms with Gasteiger partial charge in [0.25, 0.3) is 11.8 Å². The summed E-state index contributed by atoms with van der Waals surface area (Å²) >= 11 is 0. The molecule has 0 bridgehead atoms. The molecule has 9 nitrogen and oxygen atoms in total. The monoisotopic (exact) mass is 464 g/mol. The molecule has 0 saturated heterocycles. The SMILES string of the molecule is N#C/C(=C(/O)COC(=O)c1ccc(N2C(=O)c3ccccc3C2=O)cc1)c1nc2ccccc2[nH]1. The molecule has 1 aliphatic rings. The number of carbonyl (C=O) groups excluding carboxylic acids is 3. The van der Waals surface area contributed by atoms with E-state index in [2.05, 4.69) is 9.97 Å². The standard InChI is InChI=1S/C26H16N4O5/c27-13-19(23-28-20-7-3-4-8-21(20)29-23)22(31)14-35-26(34)15-9-11-16(12-10-15)30-24(32)17-5-1-2-6-18(17)25(30)33/h1-12,31H,14H2,(H,28,29)/b22-19-. The fourth-order valence-electron chi connectivity index (χ4n) is 3.79. The maximum atomic E-state index is 12.6. The van der Waals surface area contributed by atoms with Gasteiger partial charge in [0.2, 0.25) is 0 Å². The van der Waals surface area contributed by atoms with Gasteiger partial charge in [-0.1, -0.05) is 24.3 Å². The van der Waals surface area contributed by atoms with Crippen molar-refractivity contribution in [2.24, 2.45) is 0 Å². The number of benzene rings is 3. The van der Waals surface area contributed by atoms with Crippen molar-refractivity contribution < 1.29 is 24.2 Å². The van der Waals surface area contributed by atoms with Crippen LogP contribution in [0.15, 0.2) is 78.6 Å². The van der Waals surface area contributed by atoms with E-state index in [1.807, 2.05) is 6.07 Å². The van der Waals surface area contributed by atoms with Crippen LogP contribution in [0, 0.1) is 11.3 Å². The highest BCUT2D eigenvalue weighted by Crippen LogP contribution is 2.28. The Morgan fingerprint density at radius 1 is 0.971 bits per heavy atom. The number of amides is 2. The van der Waals surface area contributed by atoms with Crippen molar-refractivity contribution >= 4 is 40.1 Å². The molecule has 2 N–H and O–H groups in total. The summed E-state index contributed by atoms with van der Waals surface area (Å²) < 4.78 is 5.14. The number of hydrogen-bond acceptors (Lipinski definition) is 7. The molecular weight excluding hydrogens is 448 g/mol. The summed E-state index contributed by atoms with van der Waals surface area (Å²) in [7, 11) is 0. The number of fused-ring (bicyclic) bond motifs is 2. The Bertz CT molecular complexity index is 1510. The fraction of sp³-hybridized carbons (Fsp3) is 0.0385. The summed E-state index contributed by atoms with van der Waals surface area (Å²) in [5.41, 5.74) is 2.26. The Morgan fingerprint density at radius 3 is 2.23 bits per heavy atom. The van der Waals surface area contributed by atoms with Crippen LogP contribution in [-0.4, -0.2) is 39.5 Å². The zero-order valence-electron chi connectivity index (χ0n) is 18.1. The molecule has 170 valence electrons. The summed E-state index contributed by atoms with van der Waals surface area (Å²) in [4.78, 5) is 46.0. The predicted molar refractivity (Wildman–Crippen MR) is 126 cm³/mol. The zero-order chi connectivity index (χ0) is 24.5. The number of rotatable bonds is 5. The van der Waals surface area contributed by atoms with Gasteiger partial charge in [-0.2, -0.15) is 5.26 Å². The molecule has 4 aromatic rings. The van der Waals surface area contributed by atoms with Gasteiger partial charge in [0.1, 0.15) is 18.2 Å². The number of H-pyrrole nitrogens is 1. The number of nitrogens with one attached hydrogen (secondary N) is 1. The van der Waals surface area contributed by atoms with Crippen LogP contribution in [-0.2, 0) is 4.74 Å². The van der Waals surface area contributed by atoms with E-state index in [0.29, 0.717) is 27.8 Å². The number of ether oxygens (including phenoxy) is 1. The number of aliphatic hydroxyl groups is 1. The van der Waals surface area contributed by atoms with Gasteiger partial charge >= 0.3 is 5.97 Å². The van der Waals surface area contributed by atoms with E-state index in [4.69, 9.17) is 4.74 Å². The van der Waals surface area contributed by atoms with Crippen molar-refractivity contribution in [3.63, 3.8) is 0 Å². The lowest BCUT2D eigenvalue weighted by atomic mass is 10.1. The lowest BCUT2D eigenvalue weighted by molar-refractivity contribution is 0.0502. The zero-order valence-corrected chi connectivity index (χ0v) is 18.1. The number of aromatic nitrogens is 2. The first-order valence-corrected chi connectivity index (χ1v) is 10.5. The number of carbonyl (C=O) groups is 3. The fourth-order valence-corrected chi connectivity index (χ4v) is 3.79. The van der Waals surface area contributed by atoms with Gasteiger partial charge in [0, 0.05) is 0 Å². The molecule has 0 atom stereocenters. The Balaban J connectivity index is 1.29. The minimum atomic E-state index is -0.757. The van der Waals surface area contributed by atoms with Crippen molar-refractivity contribution in [3.8, 4) is 6.07 Å². The van der Waals surface area contributed by atoms with Crippen LogP contribution in [0.4, 0.5) is 5.69 Å². The average Bonchev–Trinajstić information content (AvgIpc) is 3.42. The Morgan fingerprint density at radius 2 is 1.60 bits per heavy atom. The maximum Gasteiger partial charge on any atom is 0.338 e. The van der Waals surface area contributed by atoms with Crippen LogP contribution >= 0.6 is 0 Å². The molecule has 35 heavy (non-hydrogen) atoms. The van der Waals surface area contributed by atoms with E-state index < -0.39 is 30.1 Å². The van der Waals surface area contributed by atoms with E-state index in [-0.39, 0.29) is 17.0 Å². The number of aliphatic hydroxyl groups excluding tert-OH is 1. The number of para-hydroxylation sites is 2. The third-order valence-electron chi connectivity index (χ3n) is 5.52. The van der Waals surface area contributed by atoms with Crippen molar-refractivity contribution in [2.45, 2.75) is 0 Å². The lowest BCUT2D eigenvalue weighted by Gasteiger charge is -2.14. The Hall–Kier alpha value is -5.23. The topological polar surface area (TPSA) is 136 Å². The first-order chi connectivity index (χ1) is 17.0. The third kappa shape index (κ3) is 3.79. The molecule has 0 radical (unpaired) electrons. The summed E-state index contributed by atoms with van der Waals surface area (Å²) in [5.74, 6) is -1.93. The molecule has 0 unspecified atom stereocenters. The average molecular weight is 464 g/mol. The second-order valence-corrected chi connectivity index (χ2v) is 7.65. The van der Waals surface area contributed by atoms with Crippen molar-refractivity contribution in [1.29, 1.82) is 5.26 Å². The molecule has 3 aromatic carbocycles. The maximum absolute atomic E-state index is 12.6. The van der Waals surface area contributed by atoms with Gasteiger partial charge in [0.05, 0.1) is 33.4 Å². The number of hydrogen-bond donors (Lipinski definition) is 2. The first-order valence-electron chi connectivity index (χ1n) is 10.5. The van der Waals surface area contributed by atoms with Gasteiger partial charge in [-0.05, 0) is 48.5 Å². The molecule has 0 fully saturated rings. The molecule has 0 saturated carbocycles. The Labute approximate surface area is 198 Å². The number of allylic oxidation sites excluding steroid dienone is 1. The van der Waals surface area contributed by atoms with Crippen molar-refractivity contribution in [3.05, 3.63) is 101 Å². The van der Waals surface area contributed by atoms with Crippen LogP contribution in [0.5, 0.6) is 0 Å². The highest BCUT2D eigenvalue weighted by Gasteiger charge is 2.36. The highest BCUT2D eigenvalue weighted by atomic mass is 16.5. The largest absolute Gasteiger partial charge is 0.507 e. The molecule has 2 amide bonds. The third-order valence-corrected chi connectivity index (χ3v) is 5.52. The lowest BCUT2D eigenvalue weighted by Crippen LogP contribution is -2.29. The molecular formula is C26H16N4O5. The van der Waals surface area contributed by atoms with Crippen LogP contribution < -0.4 is 4.90 Å². The second-order valence-electron chi connectivity index (χ2n) is 7.65. The van der Waals surface area contributed by atoms with Crippen LogP contribution in [0.1, 0.15) is 36.9 Å². The van der Waals surface area contributed by atoms with E-state index in [1.165, 1.54) is 24.3 Å². The quantitative estimate of drug-likeness (QED) is 0.197. The molecule has 5 rings (SSSR count). The smallest absolute Gasteiger partial charge is 0.338 e. The minimum Gasteiger partial charge on any atom is -0.507 e. The van der Waals surface area contributed by atoms with Crippen LogP contribution in [0.2, 0.25) is 0 Å². The van der Waals surface area contributed by atoms with E-state index in [9.17, 15) is 24.8 Å². The van der Waals surface area contributed by atoms with Crippen molar-refractivity contribution in [1.82, 2.24) is 9.97 Å². The van der Waals surface area contributed by atoms with E-state index in [0.717, 1.165) is 4.90 Å². The summed E-state index contributed by atoms with van der Waals surface area (Å²) in [6.45, 7) is -0.543. The minimum absolute atomic E-state index is 0.139. The predicted octanol–water partition coefficient (Wildman–Crippen LogP) is 4.01. The molecule has 1 aliphatic heterocycles. The summed E-state index contributed by atoms with van der Waals surface area (Å²) in [5, 5.41) is 19.8. The van der Waals surface area contributed by atoms with Crippen LogP contribution in [0.3, 0.4) is 0 Å². The molecule has 1 aromatic heterocycles. The van der Waals surface area contributed by atoms with Crippen molar-refractivity contribution in [2.75, 3.05) is 11.5 Å². The molecule has 0 aliphatic carbocycles. The van der Waals surface area contributed by atoms with Gasteiger partial charge < -0.3 is 14.8 Å². The Kier molecular flexibility index (Phi) is 5.31. The highest BCUT2D eigenvalue weighted by molar-refractivity contribution is 6.34. The number of anilines is 1. The van der Waals surface area contributed by atoms with Crippen LogP contribution in [0.25, 0.3) is 16.6 Å². The molecule has 2 heterocycles. The van der Waals surface area contributed by atoms with Gasteiger partial charge in [-0.25, -0.2) is 14.7 Å². The summed E-state index contributed by atoms with van der Waals surface area (Å²) in [6.07, 6.45) is 0. The number of aromatic amines is 1. The number of nitrogens with zero attached hydrogens (tertiary/aromatic N) is 3.